The summed E-state index contributed by atoms with van der Waals surface area (Å²) in [5.74, 6) is 0.359. The molecule has 1 heterocycles. The summed E-state index contributed by atoms with van der Waals surface area (Å²) in [7, 11) is 0. The van der Waals surface area contributed by atoms with E-state index >= 15 is 0 Å². The van der Waals surface area contributed by atoms with Gasteiger partial charge in [-0.1, -0.05) is 23.2 Å². The molecule has 1 aromatic carbocycles. The number of hydrogen-bond acceptors (Lipinski definition) is 4. The van der Waals surface area contributed by atoms with Crippen LogP contribution in [0.2, 0.25) is 10.0 Å². The van der Waals surface area contributed by atoms with E-state index < -0.39 is 4.92 Å². The zero-order valence-electron chi connectivity index (χ0n) is 9.14. The average molecular weight is 364 g/mol. The number of benzene rings is 1. The van der Waals surface area contributed by atoms with Crippen LogP contribution in [0, 0.1) is 10.1 Å². The van der Waals surface area contributed by atoms with Crippen molar-refractivity contribution >= 4 is 44.8 Å². The third kappa shape index (κ3) is 3.34. The molecule has 0 amide bonds. The number of hydrogen-bond donors (Lipinski definition) is 0. The van der Waals surface area contributed by atoms with Crippen molar-refractivity contribution in [3.05, 3.63) is 55.1 Å². The number of pyridine rings is 1. The fourth-order valence-corrected chi connectivity index (χ4v) is 2.14. The van der Waals surface area contributed by atoms with Gasteiger partial charge in [0.25, 0.3) is 5.69 Å². The molecule has 8 heteroatoms. The Labute approximate surface area is 126 Å². The van der Waals surface area contributed by atoms with Crippen LogP contribution in [0.3, 0.4) is 0 Å². The molecule has 0 saturated carbocycles. The molecule has 0 radical (unpaired) electrons. The van der Waals surface area contributed by atoms with E-state index in [4.69, 9.17) is 27.9 Å². The second-order valence-corrected chi connectivity index (χ2v) is 5.11. The van der Waals surface area contributed by atoms with E-state index in [0.717, 1.165) is 0 Å². The zero-order valence-corrected chi connectivity index (χ0v) is 12.2. The average Bonchev–Trinajstić information content (AvgIpc) is 2.34. The third-order valence-corrected chi connectivity index (χ3v) is 3.19. The highest BCUT2D eigenvalue weighted by Crippen LogP contribution is 2.35. The monoisotopic (exact) mass is 362 g/mol. The number of ether oxygens (including phenoxy) is 1. The van der Waals surface area contributed by atoms with E-state index in [1.807, 2.05) is 0 Å². The minimum Gasteiger partial charge on any atom is -0.436 e. The molecule has 0 aliphatic heterocycles. The van der Waals surface area contributed by atoms with Crippen LogP contribution < -0.4 is 4.74 Å². The highest BCUT2D eigenvalue weighted by molar-refractivity contribution is 9.10. The Hall–Kier alpha value is -1.37. The Morgan fingerprint density at radius 2 is 2.05 bits per heavy atom. The Morgan fingerprint density at radius 3 is 2.68 bits per heavy atom. The second-order valence-electron chi connectivity index (χ2n) is 3.41. The molecular formula is C11H5BrCl2N2O3. The van der Waals surface area contributed by atoms with E-state index in [1.54, 1.807) is 6.07 Å². The van der Waals surface area contributed by atoms with Gasteiger partial charge >= 0.3 is 0 Å². The Morgan fingerprint density at radius 1 is 1.32 bits per heavy atom. The first-order valence-corrected chi connectivity index (χ1v) is 6.45. The quantitative estimate of drug-likeness (QED) is 0.577. The van der Waals surface area contributed by atoms with E-state index in [9.17, 15) is 10.1 Å². The van der Waals surface area contributed by atoms with Gasteiger partial charge < -0.3 is 4.74 Å². The van der Waals surface area contributed by atoms with E-state index in [2.05, 4.69) is 20.9 Å². The van der Waals surface area contributed by atoms with E-state index in [0.29, 0.717) is 9.50 Å². The molecule has 0 N–H and O–H groups in total. The number of non-ortho nitro benzene ring substituents is 1. The molecule has 5 nitrogen and oxygen atoms in total. The highest BCUT2D eigenvalue weighted by atomic mass is 79.9. The number of halogens is 3. The third-order valence-electron chi connectivity index (χ3n) is 2.11. The standard InChI is InChI=1S/C11H5BrCl2N2O3/c12-8-3-6(13)5-15-11(8)19-10-4-7(16(17)18)1-2-9(10)14/h1-5H. The minimum absolute atomic E-state index is 0.121. The fourth-order valence-electron chi connectivity index (χ4n) is 1.27. The van der Waals surface area contributed by atoms with Gasteiger partial charge in [-0.05, 0) is 28.1 Å². The summed E-state index contributed by atoms with van der Waals surface area (Å²) in [5.41, 5.74) is -0.121. The summed E-state index contributed by atoms with van der Waals surface area (Å²) < 4.78 is 5.95. The van der Waals surface area contributed by atoms with Gasteiger partial charge in [0, 0.05) is 12.3 Å². The maximum atomic E-state index is 10.7. The van der Waals surface area contributed by atoms with Crippen molar-refractivity contribution in [2.24, 2.45) is 0 Å². The zero-order chi connectivity index (χ0) is 14.0. The van der Waals surface area contributed by atoms with Crippen LogP contribution in [0.4, 0.5) is 5.69 Å². The molecule has 0 aliphatic rings. The maximum Gasteiger partial charge on any atom is 0.273 e. The molecule has 0 bridgehead atoms. The predicted molar refractivity (Wildman–Crippen MR) is 75.1 cm³/mol. The lowest BCUT2D eigenvalue weighted by Gasteiger charge is -2.08. The Balaban J connectivity index is 2.37. The molecule has 0 aliphatic carbocycles. The molecule has 98 valence electrons. The molecule has 0 saturated heterocycles. The van der Waals surface area contributed by atoms with Gasteiger partial charge in [-0.15, -0.1) is 0 Å². The Bertz CT molecular complexity index is 652. The summed E-state index contributed by atoms with van der Waals surface area (Å²) in [6.07, 6.45) is 1.40. The van der Waals surface area contributed by atoms with Crippen LogP contribution in [0.15, 0.2) is 34.9 Å². The summed E-state index contributed by atoms with van der Waals surface area (Å²) in [4.78, 5) is 14.1. The summed E-state index contributed by atoms with van der Waals surface area (Å²) in [6.45, 7) is 0. The SMILES string of the molecule is O=[N+]([O-])c1ccc(Cl)c(Oc2ncc(Cl)cc2Br)c1. The predicted octanol–water partition coefficient (Wildman–Crippen LogP) is 4.85. The van der Waals surface area contributed by atoms with E-state index in [-0.39, 0.29) is 22.3 Å². The van der Waals surface area contributed by atoms with Crippen molar-refractivity contribution in [3.8, 4) is 11.6 Å². The lowest BCUT2D eigenvalue weighted by molar-refractivity contribution is -0.384. The first-order valence-electron chi connectivity index (χ1n) is 4.90. The first kappa shape index (κ1) is 14.0. The first-order chi connectivity index (χ1) is 8.97. The van der Waals surface area contributed by atoms with Crippen LogP contribution in [0.25, 0.3) is 0 Å². The van der Waals surface area contributed by atoms with E-state index in [1.165, 1.54) is 24.4 Å². The van der Waals surface area contributed by atoms with Crippen LogP contribution in [0.1, 0.15) is 0 Å². The normalized spacial score (nSPS) is 10.3. The van der Waals surface area contributed by atoms with Crippen LogP contribution in [0.5, 0.6) is 11.6 Å². The Kier molecular flexibility index (Phi) is 4.24. The second kappa shape index (κ2) is 5.73. The van der Waals surface area contributed by atoms with Gasteiger partial charge in [0.05, 0.1) is 25.5 Å². The number of aromatic nitrogens is 1. The van der Waals surface area contributed by atoms with Gasteiger partial charge in [0.15, 0.2) is 5.75 Å². The molecule has 0 spiro atoms. The number of nitro benzene ring substituents is 1. The largest absolute Gasteiger partial charge is 0.436 e. The maximum absolute atomic E-state index is 10.7. The van der Waals surface area contributed by atoms with Gasteiger partial charge in [-0.2, -0.15) is 0 Å². The number of rotatable bonds is 3. The molecule has 19 heavy (non-hydrogen) atoms. The van der Waals surface area contributed by atoms with Crippen LogP contribution in [-0.4, -0.2) is 9.91 Å². The molecular weight excluding hydrogens is 359 g/mol. The van der Waals surface area contributed by atoms with Gasteiger partial charge in [0.2, 0.25) is 5.88 Å². The molecule has 0 unspecified atom stereocenters. The van der Waals surface area contributed by atoms with Crippen molar-refractivity contribution in [1.29, 1.82) is 0 Å². The van der Waals surface area contributed by atoms with Crippen molar-refractivity contribution in [2.75, 3.05) is 0 Å². The lowest BCUT2D eigenvalue weighted by atomic mass is 10.3. The number of nitrogens with zero attached hydrogens (tertiary/aromatic N) is 2. The minimum atomic E-state index is -0.534. The fraction of sp³-hybridized carbons (Fsp3) is 0. The lowest BCUT2D eigenvalue weighted by Crippen LogP contribution is -1.92. The smallest absolute Gasteiger partial charge is 0.273 e. The van der Waals surface area contributed by atoms with Gasteiger partial charge in [0.1, 0.15) is 0 Å². The van der Waals surface area contributed by atoms with Crippen molar-refractivity contribution in [1.82, 2.24) is 4.98 Å². The summed E-state index contributed by atoms with van der Waals surface area (Å²) >= 11 is 14.9. The number of nitro groups is 1. The molecule has 1 aromatic heterocycles. The topological polar surface area (TPSA) is 65.3 Å². The van der Waals surface area contributed by atoms with Crippen molar-refractivity contribution in [3.63, 3.8) is 0 Å². The van der Waals surface area contributed by atoms with Crippen molar-refractivity contribution < 1.29 is 9.66 Å². The van der Waals surface area contributed by atoms with Crippen LogP contribution >= 0.6 is 39.1 Å². The highest BCUT2D eigenvalue weighted by Gasteiger charge is 2.13. The van der Waals surface area contributed by atoms with Gasteiger partial charge in [-0.25, -0.2) is 4.98 Å². The molecule has 0 fully saturated rings. The van der Waals surface area contributed by atoms with Crippen molar-refractivity contribution in [2.45, 2.75) is 0 Å². The van der Waals surface area contributed by atoms with Gasteiger partial charge in [-0.3, -0.25) is 10.1 Å². The summed E-state index contributed by atoms with van der Waals surface area (Å²) in [6, 6.07) is 5.50. The van der Waals surface area contributed by atoms with Crippen LogP contribution in [-0.2, 0) is 0 Å². The molecule has 0 atom stereocenters. The molecule has 2 aromatic rings. The molecule has 2 rings (SSSR count). The summed E-state index contributed by atoms with van der Waals surface area (Å²) in [5, 5.41) is 11.4.